The van der Waals surface area contributed by atoms with Crippen molar-refractivity contribution in [3.8, 4) is 0 Å². The fraction of sp³-hybridized carbons (Fsp3) is 0.875. The van der Waals surface area contributed by atoms with Gasteiger partial charge >= 0.3 is 0 Å². The molecule has 6 nitrogen and oxygen atoms in total. The summed E-state index contributed by atoms with van der Waals surface area (Å²) >= 11 is 0. The zero-order valence-electron chi connectivity index (χ0n) is 8.13. The molecule has 1 heterocycles. The van der Waals surface area contributed by atoms with Crippen molar-refractivity contribution in [2.75, 3.05) is 13.1 Å². The SMILES string of the molecule is CC(O)C1CCCN1C(=O)CN=[N+]=[N-]. The van der Waals surface area contributed by atoms with Gasteiger partial charge in [-0.15, -0.1) is 0 Å². The van der Waals surface area contributed by atoms with Gasteiger partial charge in [-0.05, 0) is 25.3 Å². The molecule has 0 aliphatic carbocycles. The summed E-state index contributed by atoms with van der Waals surface area (Å²) < 4.78 is 0. The van der Waals surface area contributed by atoms with Gasteiger partial charge in [-0.2, -0.15) is 0 Å². The fourth-order valence-corrected chi connectivity index (χ4v) is 1.79. The van der Waals surface area contributed by atoms with E-state index in [0.29, 0.717) is 6.54 Å². The largest absolute Gasteiger partial charge is 0.391 e. The highest BCUT2D eigenvalue weighted by molar-refractivity contribution is 5.79. The van der Waals surface area contributed by atoms with Crippen LogP contribution in [0.4, 0.5) is 0 Å². The molecule has 0 saturated carbocycles. The highest BCUT2D eigenvalue weighted by Gasteiger charge is 2.31. The van der Waals surface area contributed by atoms with Crippen LogP contribution in [-0.2, 0) is 4.79 Å². The Hall–Kier alpha value is -1.26. The minimum absolute atomic E-state index is 0.114. The minimum atomic E-state index is -0.521. The van der Waals surface area contributed by atoms with Crippen LogP contribution in [0.5, 0.6) is 0 Å². The van der Waals surface area contributed by atoms with Crippen molar-refractivity contribution >= 4 is 5.91 Å². The number of carbonyl (C=O) groups is 1. The number of azide groups is 1. The van der Waals surface area contributed by atoms with Gasteiger partial charge < -0.3 is 10.0 Å². The van der Waals surface area contributed by atoms with Gasteiger partial charge in [0.2, 0.25) is 5.91 Å². The molecule has 0 bridgehead atoms. The molecule has 1 fully saturated rings. The van der Waals surface area contributed by atoms with Crippen molar-refractivity contribution in [3.63, 3.8) is 0 Å². The lowest BCUT2D eigenvalue weighted by Crippen LogP contribution is -2.42. The van der Waals surface area contributed by atoms with E-state index in [2.05, 4.69) is 10.0 Å². The summed E-state index contributed by atoms with van der Waals surface area (Å²) in [5.41, 5.74) is 8.07. The molecule has 14 heavy (non-hydrogen) atoms. The number of aliphatic hydroxyl groups is 1. The zero-order valence-corrected chi connectivity index (χ0v) is 8.13. The Kier molecular flexibility index (Phi) is 3.73. The van der Waals surface area contributed by atoms with Gasteiger partial charge in [0, 0.05) is 11.5 Å². The van der Waals surface area contributed by atoms with Gasteiger partial charge in [-0.25, -0.2) is 0 Å². The molecule has 1 saturated heterocycles. The summed E-state index contributed by atoms with van der Waals surface area (Å²) in [6.07, 6.45) is 1.20. The minimum Gasteiger partial charge on any atom is -0.391 e. The maximum atomic E-state index is 11.5. The van der Waals surface area contributed by atoms with Crippen molar-refractivity contribution in [2.24, 2.45) is 5.11 Å². The standard InChI is InChI=1S/C8H14N4O2/c1-6(13)7-3-2-4-12(7)8(14)5-10-11-9/h6-7,13H,2-5H2,1H3. The molecule has 0 spiro atoms. The highest BCUT2D eigenvalue weighted by atomic mass is 16.3. The molecule has 0 radical (unpaired) electrons. The second-order valence-electron chi connectivity index (χ2n) is 3.43. The summed E-state index contributed by atoms with van der Waals surface area (Å²) in [5.74, 6) is -0.203. The Morgan fingerprint density at radius 2 is 2.57 bits per heavy atom. The summed E-state index contributed by atoms with van der Waals surface area (Å²) in [4.78, 5) is 15.6. The number of rotatable bonds is 3. The van der Waals surface area contributed by atoms with Crippen molar-refractivity contribution in [3.05, 3.63) is 10.4 Å². The normalized spacial score (nSPS) is 23.0. The third-order valence-electron chi connectivity index (χ3n) is 2.45. The Labute approximate surface area is 82.1 Å². The highest BCUT2D eigenvalue weighted by Crippen LogP contribution is 2.20. The summed E-state index contributed by atoms with van der Waals surface area (Å²) in [6.45, 7) is 2.17. The lowest BCUT2D eigenvalue weighted by atomic mass is 10.1. The molecule has 0 aromatic heterocycles. The molecule has 0 aromatic rings. The van der Waals surface area contributed by atoms with Crippen molar-refractivity contribution in [2.45, 2.75) is 31.9 Å². The van der Waals surface area contributed by atoms with E-state index < -0.39 is 6.10 Å². The van der Waals surface area contributed by atoms with E-state index in [9.17, 15) is 9.90 Å². The average molecular weight is 198 g/mol. The first-order chi connectivity index (χ1) is 6.66. The van der Waals surface area contributed by atoms with Crippen LogP contribution in [0.25, 0.3) is 10.4 Å². The summed E-state index contributed by atoms with van der Waals surface area (Å²) in [7, 11) is 0. The average Bonchev–Trinajstić information content (AvgIpc) is 2.62. The molecule has 2 unspecified atom stereocenters. The fourth-order valence-electron chi connectivity index (χ4n) is 1.79. The number of likely N-dealkylation sites (tertiary alicyclic amines) is 1. The Bertz CT molecular complexity index is 260. The van der Waals surface area contributed by atoms with Gasteiger partial charge in [0.15, 0.2) is 0 Å². The monoisotopic (exact) mass is 198 g/mol. The first-order valence-electron chi connectivity index (χ1n) is 4.65. The molecule has 0 aromatic carbocycles. The lowest BCUT2D eigenvalue weighted by molar-refractivity contribution is -0.132. The number of hydrogen-bond donors (Lipinski definition) is 1. The second kappa shape index (κ2) is 4.83. The first kappa shape index (κ1) is 10.8. The molecule has 1 N–H and O–H groups in total. The Morgan fingerprint density at radius 1 is 1.86 bits per heavy atom. The van der Waals surface area contributed by atoms with Gasteiger partial charge in [-0.1, -0.05) is 5.11 Å². The number of carbonyl (C=O) groups excluding carboxylic acids is 1. The molecule has 78 valence electrons. The molecule has 1 aliphatic heterocycles. The van der Waals surface area contributed by atoms with Crippen LogP contribution >= 0.6 is 0 Å². The van der Waals surface area contributed by atoms with E-state index in [1.165, 1.54) is 0 Å². The van der Waals surface area contributed by atoms with E-state index in [1.807, 2.05) is 0 Å². The molecular formula is C8H14N4O2. The van der Waals surface area contributed by atoms with E-state index >= 15 is 0 Å². The van der Waals surface area contributed by atoms with E-state index in [-0.39, 0.29) is 18.5 Å². The maximum Gasteiger partial charge on any atom is 0.228 e. The summed E-state index contributed by atoms with van der Waals surface area (Å²) in [5, 5.41) is 12.6. The molecular weight excluding hydrogens is 184 g/mol. The quantitative estimate of drug-likeness (QED) is 0.410. The number of nitrogens with zero attached hydrogens (tertiary/aromatic N) is 4. The lowest BCUT2D eigenvalue weighted by Gasteiger charge is -2.26. The smallest absolute Gasteiger partial charge is 0.228 e. The van der Waals surface area contributed by atoms with Crippen molar-refractivity contribution < 1.29 is 9.90 Å². The number of amides is 1. The van der Waals surface area contributed by atoms with Gasteiger partial charge in [-0.3, -0.25) is 4.79 Å². The van der Waals surface area contributed by atoms with Crippen molar-refractivity contribution in [1.82, 2.24) is 4.90 Å². The van der Waals surface area contributed by atoms with Gasteiger partial charge in [0.25, 0.3) is 0 Å². The third kappa shape index (κ3) is 2.37. The van der Waals surface area contributed by atoms with Gasteiger partial charge in [0.1, 0.15) is 6.54 Å². The number of hydrogen-bond acceptors (Lipinski definition) is 3. The topological polar surface area (TPSA) is 89.3 Å². The predicted octanol–water partition coefficient (Wildman–Crippen LogP) is 0.668. The van der Waals surface area contributed by atoms with Crippen LogP contribution < -0.4 is 0 Å². The van der Waals surface area contributed by atoms with Crippen LogP contribution in [0.3, 0.4) is 0 Å². The molecule has 1 rings (SSSR count). The first-order valence-corrected chi connectivity index (χ1v) is 4.65. The van der Waals surface area contributed by atoms with Crippen LogP contribution in [0, 0.1) is 0 Å². The van der Waals surface area contributed by atoms with Crippen LogP contribution in [0.1, 0.15) is 19.8 Å². The summed E-state index contributed by atoms with van der Waals surface area (Å²) in [6, 6.07) is -0.114. The predicted molar refractivity (Wildman–Crippen MR) is 50.4 cm³/mol. The van der Waals surface area contributed by atoms with Crippen LogP contribution in [0.15, 0.2) is 5.11 Å². The molecule has 6 heteroatoms. The number of aliphatic hydroxyl groups excluding tert-OH is 1. The van der Waals surface area contributed by atoms with E-state index in [1.54, 1.807) is 11.8 Å². The Morgan fingerprint density at radius 3 is 3.14 bits per heavy atom. The third-order valence-corrected chi connectivity index (χ3v) is 2.45. The van der Waals surface area contributed by atoms with Gasteiger partial charge in [0.05, 0.1) is 12.1 Å². The van der Waals surface area contributed by atoms with Crippen LogP contribution in [-0.4, -0.2) is 41.1 Å². The molecule has 1 aliphatic rings. The van der Waals surface area contributed by atoms with Crippen molar-refractivity contribution in [1.29, 1.82) is 0 Å². The molecule has 1 amide bonds. The van der Waals surface area contributed by atoms with E-state index in [4.69, 9.17) is 5.53 Å². The Balaban J connectivity index is 2.57. The maximum absolute atomic E-state index is 11.5. The molecule has 2 atom stereocenters. The van der Waals surface area contributed by atoms with E-state index in [0.717, 1.165) is 12.8 Å². The second-order valence-corrected chi connectivity index (χ2v) is 3.43. The van der Waals surface area contributed by atoms with Crippen LogP contribution in [0.2, 0.25) is 0 Å². The zero-order chi connectivity index (χ0) is 10.6.